The Morgan fingerprint density at radius 3 is 2.32 bits per heavy atom. The van der Waals surface area contributed by atoms with Gasteiger partial charge in [0.25, 0.3) is 0 Å². The van der Waals surface area contributed by atoms with Gasteiger partial charge < -0.3 is 9.84 Å². The van der Waals surface area contributed by atoms with E-state index in [4.69, 9.17) is 16.5 Å². The van der Waals surface area contributed by atoms with Crippen molar-refractivity contribution >= 4 is 25.7 Å². The summed E-state index contributed by atoms with van der Waals surface area (Å²) in [4.78, 5) is 0. The first-order chi connectivity index (χ1) is 13.0. The summed E-state index contributed by atoms with van der Waals surface area (Å²) >= 11 is 6.58. The van der Waals surface area contributed by atoms with Crippen LogP contribution in [0.25, 0.3) is 0 Å². The predicted octanol–water partition coefficient (Wildman–Crippen LogP) is 6.09. The Bertz CT molecular complexity index is 819. The smallest absolute Gasteiger partial charge is 0.161 e. The maximum Gasteiger partial charge on any atom is 0.161 e. The lowest BCUT2D eigenvalue weighted by Gasteiger charge is -2.33. The molecule has 0 aliphatic heterocycles. The Hall–Kier alpha value is -1.28. The van der Waals surface area contributed by atoms with Crippen molar-refractivity contribution in [2.75, 3.05) is 7.11 Å². The number of halogens is 1. The number of hydrogen-bond donors (Lipinski definition) is 1. The molecule has 0 amide bonds. The molecular weight excluding hydrogens is 389 g/mol. The number of phenols is 1. The Kier molecular flexibility index (Phi) is 7.42. The highest BCUT2D eigenvalue weighted by molar-refractivity contribution is 7.48. The van der Waals surface area contributed by atoms with Gasteiger partial charge in [-0.2, -0.15) is 0 Å². The van der Waals surface area contributed by atoms with E-state index in [1.54, 1.807) is 13.2 Å². The lowest BCUT2D eigenvalue weighted by molar-refractivity contribution is 0.255. The molecule has 2 unspecified atom stereocenters. The van der Waals surface area contributed by atoms with Crippen molar-refractivity contribution in [3.63, 3.8) is 0 Å². The van der Waals surface area contributed by atoms with Crippen molar-refractivity contribution in [3.05, 3.63) is 53.1 Å². The normalized spacial score (nSPS) is 14.6. The zero-order valence-electron chi connectivity index (χ0n) is 18.1. The zero-order chi connectivity index (χ0) is 21.1. The highest BCUT2D eigenvalue weighted by Gasteiger charge is 2.31. The molecule has 0 aliphatic carbocycles. The van der Waals surface area contributed by atoms with Gasteiger partial charge in [0.15, 0.2) is 11.5 Å². The molecule has 2 rings (SSSR count). The van der Waals surface area contributed by atoms with Crippen molar-refractivity contribution in [3.8, 4) is 11.5 Å². The average molecular weight is 422 g/mol. The maximum absolute atomic E-state index is 10.8. The molecule has 0 fully saturated rings. The fourth-order valence-electron chi connectivity index (χ4n) is 3.18. The number of nitrogens with zero attached hydrogens (tertiary/aromatic N) is 1. The first-order valence-corrected chi connectivity index (χ1v) is 11.0. The molecule has 0 bridgehead atoms. The van der Waals surface area contributed by atoms with Crippen molar-refractivity contribution in [1.29, 1.82) is 0 Å². The average Bonchev–Trinajstić information content (AvgIpc) is 2.63. The molecule has 28 heavy (non-hydrogen) atoms. The molecule has 0 saturated heterocycles. The summed E-state index contributed by atoms with van der Waals surface area (Å²) in [5, 5.41) is 11.9. The van der Waals surface area contributed by atoms with Crippen LogP contribution in [-0.2, 0) is 11.7 Å². The van der Waals surface area contributed by atoms with E-state index in [-0.39, 0.29) is 16.4 Å². The summed E-state index contributed by atoms with van der Waals surface area (Å²) in [6, 6.07) is 12.2. The number of benzene rings is 2. The summed E-state index contributed by atoms with van der Waals surface area (Å²) in [6.45, 7) is 13.6. The van der Waals surface area contributed by atoms with Gasteiger partial charge in [-0.1, -0.05) is 52.8 Å². The predicted molar refractivity (Wildman–Crippen MR) is 123 cm³/mol. The number of aryl methyl sites for hydroxylation is 1. The lowest BCUT2D eigenvalue weighted by atomic mass is 9.96. The highest BCUT2D eigenvalue weighted by atomic mass is 35.5. The topological polar surface area (TPSA) is 32.7 Å². The number of hydrogen-bond acceptors (Lipinski definition) is 3. The van der Waals surface area contributed by atoms with Gasteiger partial charge in [-0.05, 0) is 68.4 Å². The summed E-state index contributed by atoms with van der Waals surface area (Å²) in [7, 11) is 2.09. The third-order valence-electron chi connectivity index (χ3n) is 5.32. The summed E-state index contributed by atoms with van der Waals surface area (Å²) in [5.74, 6) is 0.761. The van der Waals surface area contributed by atoms with Crippen molar-refractivity contribution in [2.45, 2.75) is 65.2 Å². The fourth-order valence-corrected chi connectivity index (χ4v) is 4.98. The second-order valence-electron chi connectivity index (χ2n) is 8.47. The molecule has 3 nitrogen and oxygen atoms in total. The van der Waals surface area contributed by atoms with Crippen molar-refractivity contribution < 1.29 is 9.84 Å². The molecule has 0 spiro atoms. The Balaban J connectivity index is 2.48. The van der Waals surface area contributed by atoms with E-state index in [1.165, 1.54) is 16.4 Å². The first kappa shape index (κ1) is 23.0. The molecule has 0 radical (unpaired) electrons. The summed E-state index contributed by atoms with van der Waals surface area (Å²) in [6.07, 6.45) is 0.907. The lowest BCUT2D eigenvalue weighted by Crippen LogP contribution is -2.34. The van der Waals surface area contributed by atoms with Gasteiger partial charge in [0.2, 0.25) is 0 Å². The molecule has 2 aromatic rings. The van der Waals surface area contributed by atoms with Gasteiger partial charge in [0, 0.05) is 22.8 Å². The van der Waals surface area contributed by atoms with E-state index in [0.717, 1.165) is 12.0 Å². The molecule has 154 valence electrons. The van der Waals surface area contributed by atoms with Crippen LogP contribution in [0.3, 0.4) is 0 Å². The molecule has 1 N–H and O–H groups in total. The minimum Gasteiger partial charge on any atom is -0.504 e. The number of ether oxygens (including phenoxy) is 1. The van der Waals surface area contributed by atoms with Crippen LogP contribution in [0.5, 0.6) is 11.5 Å². The fraction of sp³-hybridized carbons (Fsp3) is 0.478. The zero-order valence-corrected chi connectivity index (χ0v) is 19.8. The molecule has 0 heterocycles. The maximum atomic E-state index is 10.8. The molecule has 5 heteroatoms. The monoisotopic (exact) mass is 421 g/mol. The molecule has 2 aromatic carbocycles. The minimum absolute atomic E-state index is 0.120. The van der Waals surface area contributed by atoms with Crippen LogP contribution in [0, 0.1) is 6.92 Å². The Morgan fingerprint density at radius 2 is 1.75 bits per heavy atom. The third-order valence-corrected chi connectivity index (χ3v) is 8.08. The van der Waals surface area contributed by atoms with Gasteiger partial charge >= 0.3 is 0 Å². The molecule has 0 saturated carbocycles. The van der Waals surface area contributed by atoms with Crippen molar-refractivity contribution in [1.82, 2.24) is 4.42 Å². The van der Waals surface area contributed by atoms with E-state index in [1.807, 2.05) is 16.6 Å². The molecule has 2 atom stereocenters. The van der Waals surface area contributed by atoms with Gasteiger partial charge in [-0.15, -0.1) is 0 Å². The number of methoxy groups -OCH3 is 1. The van der Waals surface area contributed by atoms with E-state index < -0.39 is 0 Å². The first-order valence-electron chi connectivity index (χ1n) is 9.70. The number of aromatic hydroxyl groups is 1. The van der Waals surface area contributed by atoms with Crippen LogP contribution in [-0.4, -0.2) is 22.2 Å². The Morgan fingerprint density at radius 1 is 1.11 bits per heavy atom. The SMILES string of the molecule is CCC(C)(Pc1c(C)cccc1CN(Cl)C(C)(C)C)c1cccc(OC)c1O. The van der Waals surface area contributed by atoms with Crippen LogP contribution in [0.2, 0.25) is 0 Å². The largest absolute Gasteiger partial charge is 0.504 e. The van der Waals surface area contributed by atoms with Crippen LogP contribution in [0.1, 0.15) is 57.7 Å². The summed E-state index contributed by atoms with van der Waals surface area (Å²) in [5.41, 5.74) is 3.31. The summed E-state index contributed by atoms with van der Waals surface area (Å²) < 4.78 is 7.21. The Labute approximate surface area is 177 Å². The van der Waals surface area contributed by atoms with Crippen LogP contribution in [0.15, 0.2) is 36.4 Å². The van der Waals surface area contributed by atoms with Crippen LogP contribution >= 0.6 is 20.4 Å². The molecule has 0 aliphatic rings. The highest BCUT2D eigenvalue weighted by Crippen LogP contribution is 2.49. The third kappa shape index (κ3) is 5.00. The standard InChI is InChI=1S/C23H33ClNO2P/c1-8-23(6,18-13-10-14-19(27-7)20(18)26)28-21-16(2)11-9-12-17(21)15-25(24)22(3,4)5/h9-14,26,28H,8,15H2,1-7H3. The number of para-hydroxylation sites is 1. The second kappa shape index (κ2) is 9.03. The molecular formula is C23H33ClNO2P. The van der Waals surface area contributed by atoms with Crippen LogP contribution in [0.4, 0.5) is 0 Å². The van der Waals surface area contributed by atoms with E-state index >= 15 is 0 Å². The van der Waals surface area contributed by atoms with Crippen molar-refractivity contribution in [2.24, 2.45) is 0 Å². The quantitative estimate of drug-likeness (QED) is 0.433. The van der Waals surface area contributed by atoms with Gasteiger partial charge in [0.1, 0.15) is 0 Å². The van der Waals surface area contributed by atoms with E-state index in [2.05, 4.69) is 59.7 Å². The van der Waals surface area contributed by atoms with Gasteiger partial charge in [-0.25, -0.2) is 4.42 Å². The molecule has 0 aromatic heterocycles. The number of rotatable bonds is 7. The van der Waals surface area contributed by atoms with Gasteiger partial charge in [-0.3, -0.25) is 0 Å². The second-order valence-corrected chi connectivity index (χ2v) is 10.7. The van der Waals surface area contributed by atoms with Crippen LogP contribution < -0.4 is 10.0 Å². The van der Waals surface area contributed by atoms with E-state index in [9.17, 15) is 5.11 Å². The minimum atomic E-state index is -0.196. The van der Waals surface area contributed by atoms with Gasteiger partial charge in [0.05, 0.1) is 7.11 Å². The van der Waals surface area contributed by atoms with E-state index in [0.29, 0.717) is 20.9 Å². The number of phenolic OH excluding ortho intramolecular Hbond substituents is 1.